The highest BCUT2D eigenvalue weighted by Gasteiger charge is 2.14. The number of hydrogen-bond donors (Lipinski definition) is 2. The minimum Gasteiger partial charge on any atom is -0.351 e. The Morgan fingerprint density at radius 3 is 2.43 bits per heavy atom. The van der Waals surface area contributed by atoms with E-state index in [9.17, 15) is 4.79 Å². The van der Waals surface area contributed by atoms with E-state index in [1.807, 2.05) is 54.9 Å². The molecule has 1 fully saturated rings. The van der Waals surface area contributed by atoms with Crippen LogP contribution in [0.2, 0.25) is 5.02 Å². The molecule has 2 aromatic carbocycles. The number of aromatic nitrogens is 2. The number of amides is 1. The first kappa shape index (κ1) is 20.4. The van der Waals surface area contributed by atoms with Gasteiger partial charge in [-0.3, -0.25) is 4.79 Å². The van der Waals surface area contributed by atoms with Crippen molar-refractivity contribution in [1.82, 2.24) is 15.3 Å². The van der Waals surface area contributed by atoms with E-state index in [4.69, 9.17) is 11.6 Å². The first-order valence-corrected chi connectivity index (χ1v) is 10.8. The van der Waals surface area contributed by atoms with Crippen molar-refractivity contribution in [2.24, 2.45) is 0 Å². The second-order valence-electron chi connectivity index (χ2n) is 7.66. The molecule has 1 aliphatic rings. The number of hydrogen-bond acceptors (Lipinski definition) is 4. The van der Waals surface area contributed by atoms with E-state index in [0.717, 1.165) is 16.7 Å². The van der Waals surface area contributed by atoms with Gasteiger partial charge in [0.25, 0.3) is 5.91 Å². The summed E-state index contributed by atoms with van der Waals surface area (Å²) in [4.78, 5) is 21.5. The van der Waals surface area contributed by atoms with E-state index in [0.29, 0.717) is 29.1 Å². The van der Waals surface area contributed by atoms with Crippen LogP contribution >= 0.6 is 11.6 Å². The van der Waals surface area contributed by atoms with Crippen molar-refractivity contribution in [3.8, 4) is 11.1 Å². The average Bonchev–Trinajstić information content (AvgIpc) is 2.80. The van der Waals surface area contributed by atoms with Crippen LogP contribution in [0.5, 0.6) is 0 Å². The summed E-state index contributed by atoms with van der Waals surface area (Å²) in [5.74, 6) is 0.547. The summed E-state index contributed by atoms with van der Waals surface area (Å²) in [6.45, 7) is 0.449. The lowest BCUT2D eigenvalue weighted by Gasteiger charge is -2.22. The van der Waals surface area contributed by atoms with E-state index in [2.05, 4.69) is 20.6 Å². The molecule has 0 radical (unpaired) electrons. The highest BCUT2D eigenvalue weighted by molar-refractivity contribution is 6.30. The lowest BCUT2D eigenvalue weighted by atomic mass is 9.96. The van der Waals surface area contributed by atoms with Gasteiger partial charge in [-0.1, -0.05) is 55.1 Å². The maximum Gasteiger partial charge on any atom is 0.251 e. The van der Waals surface area contributed by atoms with E-state index >= 15 is 0 Å². The molecule has 1 amide bonds. The molecule has 30 heavy (non-hydrogen) atoms. The molecule has 2 N–H and O–H groups in total. The zero-order valence-corrected chi connectivity index (χ0v) is 17.5. The van der Waals surface area contributed by atoms with Crippen LogP contribution in [-0.2, 0) is 6.54 Å². The van der Waals surface area contributed by atoms with Crippen molar-refractivity contribution >= 4 is 23.5 Å². The van der Waals surface area contributed by atoms with E-state index in [1.54, 1.807) is 6.07 Å². The van der Waals surface area contributed by atoms with Gasteiger partial charge in [0, 0.05) is 41.1 Å². The van der Waals surface area contributed by atoms with Gasteiger partial charge in [-0.05, 0) is 48.2 Å². The lowest BCUT2D eigenvalue weighted by Crippen LogP contribution is -2.23. The summed E-state index contributed by atoms with van der Waals surface area (Å²) < 4.78 is 0. The predicted octanol–water partition coefficient (Wildman–Crippen LogP) is 5.47. The summed E-state index contributed by atoms with van der Waals surface area (Å²) in [5, 5.41) is 7.06. The summed E-state index contributed by atoms with van der Waals surface area (Å²) in [6.07, 6.45) is 9.83. The van der Waals surface area contributed by atoms with Crippen molar-refractivity contribution in [3.05, 3.63) is 77.1 Å². The minimum atomic E-state index is -0.122. The zero-order valence-electron chi connectivity index (χ0n) is 16.8. The maximum absolute atomic E-state index is 12.6. The first-order valence-electron chi connectivity index (χ1n) is 10.4. The minimum absolute atomic E-state index is 0.122. The molecular weight excluding hydrogens is 396 g/mol. The molecule has 1 aliphatic carbocycles. The Kier molecular flexibility index (Phi) is 6.60. The Morgan fingerprint density at radius 2 is 1.70 bits per heavy atom. The number of anilines is 1. The number of carbonyl (C=O) groups excluding carboxylic acids is 1. The standard InChI is InChI=1S/C24H25ClN4O/c25-21-11-9-17(10-12-21)14-26-23(30)19-6-4-5-18(13-19)20-15-27-24(28-16-20)29-22-7-2-1-3-8-22/h4-6,9-13,15-16,22H,1-3,7-8,14H2,(H,26,30)(H,27,28,29). The molecule has 0 aliphatic heterocycles. The van der Waals surface area contributed by atoms with E-state index < -0.39 is 0 Å². The van der Waals surface area contributed by atoms with Crippen LogP contribution in [-0.4, -0.2) is 21.9 Å². The molecule has 1 aromatic heterocycles. The molecule has 1 saturated carbocycles. The molecule has 154 valence electrons. The van der Waals surface area contributed by atoms with Gasteiger partial charge >= 0.3 is 0 Å². The van der Waals surface area contributed by atoms with Crippen molar-refractivity contribution < 1.29 is 4.79 Å². The Balaban J connectivity index is 1.39. The third kappa shape index (κ3) is 5.36. The molecule has 0 bridgehead atoms. The highest BCUT2D eigenvalue weighted by Crippen LogP contribution is 2.22. The van der Waals surface area contributed by atoms with Crippen LogP contribution in [0.25, 0.3) is 11.1 Å². The third-order valence-corrected chi connectivity index (χ3v) is 5.67. The molecule has 0 unspecified atom stereocenters. The molecular formula is C24H25ClN4O. The maximum atomic E-state index is 12.6. The summed E-state index contributed by atoms with van der Waals surface area (Å²) in [5.41, 5.74) is 3.40. The SMILES string of the molecule is O=C(NCc1ccc(Cl)cc1)c1cccc(-c2cnc(NC3CCCCC3)nc2)c1. The third-order valence-electron chi connectivity index (χ3n) is 5.41. The van der Waals surface area contributed by atoms with Gasteiger partial charge in [0.1, 0.15) is 0 Å². The zero-order chi connectivity index (χ0) is 20.8. The van der Waals surface area contributed by atoms with Crippen LogP contribution in [0.4, 0.5) is 5.95 Å². The second-order valence-corrected chi connectivity index (χ2v) is 8.10. The van der Waals surface area contributed by atoms with Crippen molar-refractivity contribution in [2.75, 3.05) is 5.32 Å². The van der Waals surface area contributed by atoms with E-state index in [-0.39, 0.29) is 5.91 Å². The van der Waals surface area contributed by atoms with Gasteiger partial charge < -0.3 is 10.6 Å². The fourth-order valence-corrected chi connectivity index (χ4v) is 3.83. The molecule has 0 atom stereocenters. The van der Waals surface area contributed by atoms with Gasteiger partial charge in [0.05, 0.1) is 0 Å². The Bertz CT molecular complexity index is 983. The molecule has 6 heteroatoms. The molecule has 0 spiro atoms. The summed E-state index contributed by atoms with van der Waals surface area (Å²) in [6, 6.07) is 15.4. The Morgan fingerprint density at radius 1 is 0.967 bits per heavy atom. The summed E-state index contributed by atoms with van der Waals surface area (Å²) >= 11 is 5.90. The average molecular weight is 421 g/mol. The van der Waals surface area contributed by atoms with Gasteiger partial charge in [0.15, 0.2) is 0 Å². The summed E-state index contributed by atoms with van der Waals surface area (Å²) in [7, 11) is 0. The smallest absolute Gasteiger partial charge is 0.251 e. The molecule has 4 rings (SSSR count). The van der Waals surface area contributed by atoms with Crippen molar-refractivity contribution in [1.29, 1.82) is 0 Å². The fourth-order valence-electron chi connectivity index (χ4n) is 3.71. The van der Waals surface area contributed by atoms with Gasteiger partial charge in [-0.25, -0.2) is 9.97 Å². The second kappa shape index (κ2) is 9.72. The Hall–Kier alpha value is -2.92. The molecule has 0 saturated heterocycles. The first-order chi connectivity index (χ1) is 14.7. The van der Waals surface area contributed by atoms with Crippen molar-refractivity contribution in [3.63, 3.8) is 0 Å². The Labute approximate surface area is 181 Å². The van der Waals surface area contributed by atoms with Crippen LogP contribution in [0.1, 0.15) is 48.0 Å². The number of rotatable bonds is 6. The topological polar surface area (TPSA) is 66.9 Å². The molecule has 5 nitrogen and oxygen atoms in total. The van der Waals surface area contributed by atoms with Crippen LogP contribution < -0.4 is 10.6 Å². The number of benzene rings is 2. The normalized spacial score (nSPS) is 14.3. The van der Waals surface area contributed by atoms with Gasteiger partial charge in [-0.2, -0.15) is 0 Å². The van der Waals surface area contributed by atoms with Crippen molar-refractivity contribution in [2.45, 2.75) is 44.7 Å². The van der Waals surface area contributed by atoms with Crippen LogP contribution in [0.3, 0.4) is 0 Å². The van der Waals surface area contributed by atoms with Crippen LogP contribution in [0.15, 0.2) is 60.9 Å². The van der Waals surface area contributed by atoms with Gasteiger partial charge in [0.2, 0.25) is 5.95 Å². The number of nitrogens with one attached hydrogen (secondary N) is 2. The lowest BCUT2D eigenvalue weighted by molar-refractivity contribution is 0.0951. The highest BCUT2D eigenvalue weighted by atomic mass is 35.5. The number of nitrogens with zero attached hydrogens (tertiary/aromatic N) is 2. The predicted molar refractivity (Wildman–Crippen MR) is 121 cm³/mol. The largest absolute Gasteiger partial charge is 0.351 e. The quantitative estimate of drug-likeness (QED) is 0.554. The van der Waals surface area contributed by atoms with Crippen LogP contribution in [0, 0.1) is 0 Å². The van der Waals surface area contributed by atoms with E-state index in [1.165, 1.54) is 32.1 Å². The van der Waals surface area contributed by atoms with Gasteiger partial charge in [-0.15, -0.1) is 0 Å². The molecule has 3 aromatic rings. The number of carbonyl (C=O) groups is 1. The monoisotopic (exact) mass is 420 g/mol. The molecule has 1 heterocycles. The number of halogens is 1. The fraction of sp³-hybridized carbons (Fsp3) is 0.292.